The third-order valence-electron chi connectivity index (χ3n) is 14.2. The topological polar surface area (TPSA) is 96.8 Å². The van der Waals surface area contributed by atoms with E-state index >= 15 is 0 Å². The van der Waals surface area contributed by atoms with Crippen LogP contribution in [-0.2, 0) is 24.5 Å². The van der Waals surface area contributed by atoms with Crippen LogP contribution >= 0.6 is 22.7 Å². The first-order chi connectivity index (χ1) is 36.8. The minimum atomic E-state index is -0.707. The van der Waals surface area contributed by atoms with Crippen molar-refractivity contribution in [3.05, 3.63) is 230 Å². The van der Waals surface area contributed by atoms with Gasteiger partial charge in [-0.2, -0.15) is 0 Å². The highest BCUT2D eigenvalue weighted by atomic mass is 32.1. The van der Waals surface area contributed by atoms with E-state index < -0.39 is 17.4 Å². The van der Waals surface area contributed by atoms with Gasteiger partial charge in [0.15, 0.2) is 0 Å². The number of hydrogen-bond acceptors (Lipinski definition) is 10. The zero-order valence-electron chi connectivity index (χ0n) is 40.4. The summed E-state index contributed by atoms with van der Waals surface area (Å²) in [4.78, 5) is 33.4. The van der Waals surface area contributed by atoms with Gasteiger partial charge in [-0.25, -0.2) is 19.6 Å². The first-order valence-corrected chi connectivity index (χ1v) is 26.3. The van der Waals surface area contributed by atoms with Crippen LogP contribution in [0.4, 0.5) is 0 Å². The largest absolute Gasteiger partial charge is 0.490 e. The quantitative estimate of drug-likeness (QED) is 0.0604. The molecule has 13 rings (SSSR count). The maximum absolute atomic E-state index is 11.5. The number of hydrogen-bond donors (Lipinski definition) is 0. The van der Waals surface area contributed by atoms with Gasteiger partial charge in [0.2, 0.25) is 0 Å². The molecule has 10 heteroatoms. The molecule has 1 aliphatic rings. The number of carbonyl (C=O) groups is 2. The fourth-order valence-electron chi connectivity index (χ4n) is 10.7. The Morgan fingerprint density at radius 1 is 0.440 bits per heavy atom. The minimum Gasteiger partial charge on any atom is -0.490 e. The normalized spacial score (nSPS) is 12.5. The summed E-state index contributed by atoms with van der Waals surface area (Å²) in [5, 5.41) is 10.9. The van der Waals surface area contributed by atoms with Crippen LogP contribution in [0.3, 0.4) is 0 Å². The van der Waals surface area contributed by atoms with Crippen molar-refractivity contribution in [3.8, 4) is 43.8 Å². The first-order valence-electron chi connectivity index (χ1n) is 24.6. The second-order valence-corrected chi connectivity index (χ2v) is 20.6. The van der Waals surface area contributed by atoms with Crippen molar-refractivity contribution >= 4 is 98.1 Å². The summed E-state index contributed by atoms with van der Waals surface area (Å²) < 4.78 is 24.1. The number of fused-ring (bicyclic) bond motifs is 9. The van der Waals surface area contributed by atoms with E-state index in [0.29, 0.717) is 11.5 Å². The third kappa shape index (κ3) is 8.25. The van der Waals surface area contributed by atoms with Crippen LogP contribution in [-0.4, -0.2) is 48.3 Å². The van der Waals surface area contributed by atoms with E-state index in [2.05, 4.69) is 171 Å². The molecule has 0 radical (unpaired) electrons. The molecule has 0 N–H and O–H groups in total. The molecule has 362 valence electrons. The summed E-state index contributed by atoms with van der Waals surface area (Å²) in [7, 11) is 0. The molecular weight excluding hydrogens is 969 g/mol. The van der Waals surface area contributed by atoms with E-state index in [1.54, 1.807) is 22.7 Å². The van der Waals surface area contributed by atoms with Crippen LogP contribution in [0.25, 0.3) is 95.8 Å². The van der Waals surface area contributed by atoms with Gasteiger partial charge in [-0.05, 0) is 161 Å². The fraction of sp³-hybridized carbons (Fsp3) is 0.0769. The summed E-state index contributed by atoms with van der Waals surface area (Å²) in [6.45, 7) is 7.67. The van der Waals surface area contributed by atoms with Gasteiger partial charge in [-0.3, -0.25) is 0 Å². The highest BCUT2D eigenvalue weighted by Gasteiger charge is 2.47. The summed E-state index contributed by atoms with van der Waals surface area (Å²) in [5.41, 5.74) is 10.5. The molecule has 0 saturated heterocycles. The van der Waals surface area contributed by atoms with Crippen LogP contribution in [0, 0.1) is 0 Å². The summed E-state index contributed by atoms with van der Waals surface area (Å²) in [6, 6.07) is 65.5. The number of carbonyl (C=O) groups excluding carboxylic acids is 2. The molecule has 0 saturated carbocycles. The Hall–Kier alpha value is -8.96. The number of rotatable bonds is 14. The predicted octanol–water partition coefficient (Wildman–Crippen LogP) is 15.4. The molecule has 2 heterocycles. The fourth-order valence-corrected chi connectivity index (χ4v) is 12.7. The van der Waals surface area contributed by atoms with Crippen LogP contribution < -0.4 is 9.47 Å². The molecule has 75 heavy (non-hydrogen) atoms. The summed E-state index contributed by atoms with van der Waals surface area (Å²) in [5.74, 6) is 0.465. The first kappa shape index (κ1) is 45.9. The number of thiazole rings is 2. The average molecular weight is 1010 g/mol. The maximum atomic E-state index is 11.5. The molecule has 12 aromatic rings. The van der Waals surface area contributed by atoms with E-state index in [-0.39, 0.29) is 26.4 Å². The van der Waals surface area contributed by atoms with Gasteiger partial charge in [-0.1, -0.05) is 110 Å². The van der Waals surface area contributed by atoms with Crippen LogP contribution in [0.1, 0.15) is 22.3 Å². The van der Waals surface area contributed by atoms with Crippen molar-refractivity contribution in [1.29, 1.82) is 0 Å². The van der Waals surface area contributed by atoms with Crippen molar-refractivity contribution in [2.45, 2.75) is 5.41 Å². The van der Waals surface area contributed by atoms with Crippen LogP contribution in [0.5, 0.6) is 11.5 Å². The number of nitrogens with zero attached hydrogens (tertiary/aromatic N) is 2. The molecule has 1 aliphatic carbocycles. The Kier molecular flexibility index (Phi) is 11.5. The van der Waals surface area contributed by atoms with E-state index in [0.717, 1.165) is 75.3 Å². The zero-order chi connectivity index (χ0) is 50.6. The van der Waals surface area contributed by atoms with Crippen molar-refractivity contribution in [3.63, 3.8) is 0 Å². The zero-order valence-corrected chi connectivity index (χ0v) is 42.0. The minimum absolute atomic E-state index is 0.145. The lowest BCUT2D eigenvalue weighted by Crippen LogP contribution is -2.28. The van der Waals surface area contributed by atoms with E-state index in [1.165, 1.54) is 54.9 Å². The standard InChI is InChI=1S/C65H44N2O6S2/c1-3-61(68)72-27-25-70-51-21-17-43-29-47(15-13-45(43)31-51)63-66-57-23-19-49(37-59(57)74-63)65(55-35-41-11-7-5-9-39(41)33-53(55)54-34-40-10-6-8-12-42(40)36-56(54)65)50-20-24-58-60(38-50)75-64(67-58)48-16-14-46-32-52(22-18-44(46)30-48)71-26-28-73-62(69)4-2/h3-24,29-38H,1-2,25-28H2. The molecular formula is C65H44N2O6S2. The van der Waals surface area contributed by atoms with Crippen molar-refractivity contribution in [2.75, 3.05) is 26.4 Å². The number of ether oxygens (including phenoxy) is 4. The molecule has 0 amide bonds. The average Bonchev–Trinajstić information content (AvgIpc) is 4.17. The van der Waals surface area contributed by atoms with Gasteiger partial charge in [0.05, 0.1) is 25.8 Å². The number of aromatic nitrogens is 2. The Bertz CT molecular complexity index is 4050. The number of esters is 2. The molecule has 8 nitrogen and oxygen atoms in total. The number of benzene rings is 10. The Balaban J connectivity index is 0.912. The highest BCUT2D eigenvalue weighted by molar-refractivity contribution is 7.22. The van der Waals surface area contributed by atoms with E-state index in [9.17, 15) is 9.59 Å². The van der Waals surface area contributed by atoms with Gasteiger partial charge in [0.1, 0.15) is 47.9 Å². The van der Waals surface area contributed by atoms with Gasteiger partial charge in [0, 0.05) is 23.3 Å². The third-order valence-corrected chi connectivity index (χ3v) is 16.3. The Labute approximate surface area is 439 Å². The van der Waals surface area contributed by atoms with Gasteiger partial charge >= 0.3 is 11.9 Å². The predicted molar refractivity (Wildman–Crippen MR) is 304 cm³/mol. The molecule has 0 aliphatic heterocycles. The molecule has 2 aromatic heterocycles. The van der Waals surface area contributed by atoms with Crippen molar-refractivity contribution in [2.24, 2.45) is 0 Å². The summed E-state index contributed by atoms with van der Waals surface area (Å²) >= 11 is 3.41. The van der Waals surface area contributed by atoms with E-state index in [1.807, 2.05) is 24.3 Å². The molecule has 0 unspecified atom stereocenters. The van der Waals surface area contributed by atoms with Crippen LogP contribution in [0.15, 0.2) is 207 Å². The maximum Gasteiger partial charge on any atom is 0.330 e. The van der Waals surface area contributed by atoms with Crippen molar-refractivity contribution < 1.29 is 28.5 Å². The monoisotopic (exact) mass is 1010 g/mol. The molecule has 0 spiro atoms. The lowest BCUT2D eigenvalue weighted by molar-refractivity contribution is -0.139. The highest BCUT2D eigenvalue weighted by Crippen LogP contribution is 2.58. The second-order valence-electron chi connectivity index (χ2n) is 18.5. The Morgan fingerprint density at radius 3 is 1.28 bits per heavy atom. The van der Waals surface area contributed by atoms with Gasteiger partial charge in [0.25, 0.3) is 0 Å². The van der Waals surface area contributed by atoms with Gasteiger partial charge in [-0.15, -0.1) is 22.7 Å². The molecule has 0 bridgehead atoms. The van der Waals surface area contributed by atoms with Crippen LogP contribution in [0.2, 0.25) is 0 Å². The lowest BCUT2D eigenvalue weighted by Gasteiger charge is -2.34. The second kappa shape index (κ2) is 18.8. The summed E-state index contributed by atoms with van der Waals surface area (Å²) in [6.07, 6.45) is 2.29. The van der Waals surface area contributed by atoms with Crippen molar-refractivity contribution in [1.82, 2.24) is 9.97 Å². The van der Waals surface area contributed by atoms with E-state index in [4.69, 9.17) is 28.9 Å². The molecule has 10 aromatic carbocycles. The lowest BCUT2D eigenvalue weighted by atomic mass is 9.67. The molecule has 0 atom stereocenters. The molecule has 0 fully saturated rings. The Morgan fingerprint density at radius 2 is 0.840 bits per heavy atom. The smallest absolute Gasteiger partial charge is 0.330 e. The van der Waals surface area contributed by atoms with Gasteiger partial charge < -0.3 is 18.9 Å². The SMILES string of the molecule is C=CC(=O)OCCOc1ccc2cc(-c3nc4ccc(C5(c6ccc7nc(-c8ccc9cc(OCCOC(=O)C=C)ccc9c8)sc7c6)c6cc7ccccc7cc6-c6cc7ccccc7cc65)cc4s3)ccc2c1.